The molecule has 3 rings (SSSR count). The standard InChI is InChI=1S/C24H23N3O7S/c1-4-34-22(28)13-21-26(14-15-5-8-17(9-6-15)24(30)33-3)23(29)20(35-21)12-16-7-10-18(25-2)19(11-16)27(31)32/h5-13,25H,4,14H2,1-3H3/b20-12-,21-13-. The summed E-state index contributed by atoms with van der Waals surface area (Å²) in [6.07, 6.45) is 2.78. The van der Waals surface area contributed by atoms with Crippen molar-refractivity contribution >= 4 is 46.8 Å². The summed E-state index contributed by atoms with van der Waals surface area (Å²) >= 11 is 1.07. The minimum Gasteiger partial charge on any atom is -0.465 e. The number of esters is 2. The van der Waals surface area contributed by atoms with E-state index in [0.29, 0.717) is 26.0 Å². The number of nitrogens with zero attached hydrogens (tertiary/aromatic N) is 2. The van der Waals surface area contributed by atoms with Gasteiger partial charge in [0, 0.05) is 13.1 Å². The van der Waals surface area contributed by atoms with Crippen molar-refractivity contribution in [2.75, 3.05) is 26.1 Å². The zero-order valence-electron chi connectivity index (χ0n) is 19.3. The normalized spacial score (nSPS) is 11.9. The summed E-state index contributed by atoms with van der Waals surface area (Å²) in [5, 5.41) is 14.1. The molecule has 1 N–H and O–H groups in total. The van der Waals surface area contributed by atoms with Gasteiger partial charge in [-0.1, -0.05) is 18.2 Å². The Morgan fingerprint density at radius 1 is 1.20 bits per heavy atom. The number of benzene rings is 2. The number of carbonyl (C=O) groups is 2. The SMILES string of the molecule is CCOC(=O)/C=c1\s/c(=C\c2ccc(NC)c([N+](=O)[O-])c2)c(=O)n1Cc1ccc(C(=O)OC)cc1. The Balaban J connectivity index is 2.11. The maximum atomic E-state index is 13.3. The van der Waals surface area contributed by atoms with Crippen molar-refractivity contribution < 1.29 is 24.0 Å². The Kier molecular flexibility index (Phi) is 8.16. The van der Waals surface area contributed by atoms with Crippen molar-refractivity contribution in [3.05, 3.63) is 88.8 Å². The molecule has 0 bridgehead atoms. The van der Waals surface area contributed by atoms with Crippen molar-refractivity contribution in [2.45, 2.75) is 13.5 Å². The predicted octanol–water partition coefficient (Wildman–Crippen LogP) is 1.87. The van der Waals surface area contributed by atoms with E-state index in [4.69, 9.17) is 9.47 Å². The van der Waals surface area contributed by atoms with Crippen LogP contribution in [0.25, 0.3) is 12.2 Å². The van der Waals surface area contributed by atoms with Gasteiger partial charge < -0.3 is 14.8 Å². The predicted molar refractivity (Wildman–Crippen MR) is 132 cm³/mol. The van der Waals surface area contributed by atoms with Gasteiger partial charge in [-0.2, -0.15) is 0 Å². The van der Waals surface area contributed by atoms with Gasteiger partial charge in [0.15, 0.2) is 0 Å². The van der Waals surface area contributed by atoms with Gasteiger partial charge in [0.25, 0.3) is 11.2 Å². The molecule has 0 fully saturated rings. The van der Waals surface area contributed by atoms with Crippen molar-refractivity contribution in [3.8, 4) is 0 Å². The fraction of sp³-hybridized carbons (Fsp3) is 0.208. The number of nitro groups is 1. The lowest BCUT2D eigenvalue weighted by Crippen LogP contribution is -2.32. The molecule has 0 atom stereocenters. The largest absolute Gasteiger partial charge is 0.465 e. The number of methoxy groups -OCH3 is 1. The highest BCUT2D eigenvalue weighted by atomic mass is 32.1. The molecule has 0 unspecified atom stereocenters. The van der Waals surface area contributed by atoms with Crippen LogP contribution in [0, 0.1) is 10.1 Å². The molecule has 10 nitrogen and oxygen atoms in total. The summed E-state index contributed by atoms with van der Waals surface area (Å²) in [5.74, 6) is -1.07. The topological polar surface area (TPSA) is 130 Å². The smallest absolute Gasteiger partial charge is 0.337 e. The third kappa shape index (κ3) is 6.01. The second kappa shape index (κ2) is 11.3. The Morgan fingerprint density at radius 3 is 2.51 bits per heavy atom. The van der Waals surface area contributed by atoms with Crippen LogP contribution in [0.3, 0.4) is 0 Å². The van der Waals surface area contributed by atoms with Crippen LogP contribution >= 0.6 is 11.3 Å². The first-order valence-electron chi connectivity index (χ1n) is 10.5. The molecule has 11 heteroatoms. The highest BCUT2D eigenvalue weighted by Gasteiger charge is 2.14. The quantitative estimate of drug-likeness (QED) is 0.284. The fourth-order valence-electron chi connectivity index (χ4n) is 3.28. The number of hydrogen-bond acceptors (Lipinski definition) is 9. The van der Waals surface area contributed by atoms with E-state index in [2.05, 4.69) is 5.32 Å². The van der Waals surface area contributed by atoms with E-state index in [0.717, 1.165) is 16.9 Å². The summed E-state index contributed by atoms with van der Waals surface area (Å²) in [6, 6.07) is 11.1. The van der Waals surface area contributed by atoms with Crippen molar-refractivity contribution in [2.24, 2.45) is 0 Å². The Morgan fingerprint density at radius 2 is 1.91 bits per heavy atom. The van der Waals surface area contributed by atoms with E-state index in [1.54, 1.807) is 56.4 Å². The van der Waals surface area contributed by atoms with Crippen molar-refractivity contribution in [3.63, 3.8) is 0 Å². The maximum Gasteiger partial charge on any atom is 0.337 e. The number of rotatable bonds is 8. The molecule has 0 aliphatic heterocycles. The minimum atomic E-state index is -0.593. The number of ether oxygens (including phenoxy) is 2. The van der Waals surface area contributed by atoms with Gasteiger partial charge in [0.2, 0.25) is 0 Å². The zero-order valence-corrected chi connectivity index (χ0v) is 20.1. The lowest BCUT2D eigenvalue weighted by Gasteiger charge is -2.05. The van der Waals surface area contributed by atoms with E-state index < -0.39 is 16.9 Å². The fourth-order valence-corrected chi connectivity index (χ4v) is 4.31. The number of carbonyl (C=O) groups excluding carboxylic acids is 2. The summed E-state index contributed by atoms with van der Waals surface area (Å²) in [6.45, 7) is 1.99. The second-order valence-electron chi connectivity index (χ2n) is 7.21. The number of thiazole rings is 1. The molecule has 1 aromatic heterocycles. The van der Waals surface area contributed by atoms with Gasteiger partial charge in [0.05, 0.1) is 41.4 Å². The lowest BCUT2D eigenvalue weighted by molar-refractivity contribution is -0.384. The van der Waals surface area contributed by atoms with E-state index in [1.807, 2.05) is 0 Å². The Labute approximate surface area is 203 Å². The summed E-state index contributed by atoms with van der Waals surface area (Å²) in [5.41, 5.74) is 1.41. The highest BCUT2D eigenvalue weighted by Crippen LogP contribution is 2.25. The molecule has 2 aromatic carbocycles. The lowest BCUT2D eigenvalue weighted by atomic mass is 10.1. The molecule has 0 amide bonds. The number of hydrogen-bond donors (Lipinski definition) is 1. The molecule has 0 saturated carbocycles. The minimum absolute atomic E-state index is 0.123. The van der Waals surface area contributed by atoms with Crippen molar-refractivity contribution in [1.29, 1.82) is 0 Å². The second-order valence-corrected chi connectivity index (χ2v) is 8.27. The number of anilines is 1. The molecule has 0 saturated heterocycles. The molecule has 182 valence electrons. The first-order valence-corrected chi connectivity index (χ1v) is 11.3. The molecule has 1 heterocycles. The monoisotopic (exact) mass is 497 g/mol. The number of nitrogens with one attached hydrogen (secondary N) is 1. The molecule has 0 spiro atoms. The maximum absolute atomic E-state index is 13.3. The van der Waals surface area contributed by atoms with Crippen LogP contribution in [0.1, 0.15) is 28.4 Å². The molecular weight excluding hydrogens is 474 g/mol. The van der Waals surface area contributed by atoms with Gasteiger partial charge in [-0.25, -0.2) is 9.59 Å². The summed E-state index contributed by atoms with van der Waals surface area (Å²) < 4.78 is 11.8. The van der Waals surface area contributed by atoms with E-state index in [1.165, 1.54) is 23.8 Å². The third-order valence-corrected chi connectivity index (χ3v) is 6.03. The van der Waals surface area contributed by atoms with Gasteiger partial charge in [-0.15, -0.1) is 11.3 Å². The molecule has 0 aliphatic carbocycles. The van der Waals surface area contributed by atoms with Crippen LogP contribution in [-0.2, 0) is 20.8 Å². The first-order chi connectivity index (χ1) is 16.8. The molecule has 3 aromatic rings. The van der Waals surface area contributed by atoms with Gasteiger partial charge in [-0.05, 0) is 42.3 Å². The molecular formula is C24H23N3O7S. The van der Waals surface area contributed by atoms with Gasteiger partial charge in [-0.3, -0.25) is 19.5 Å². The van der Waals surface area contributed by atoms with Crippen LogP contribution in [0.15, 0.2) is 47.3 Å². The molecule has 0 aliphatic rings. The average molecular weight is 498 g/mol. The van der Waals surface area contributed by atoms with Gasteiger partial charge in [0.1, 0.15) is 10.4 Å². The Hall–Kier alpha value is -4.25. The summed E-state index contributed by atoms with van der Waals surface area (Å²) in [4.78, 5) is 47.9. The molecule has 0 radical (unpaired) electrons. The van der Waals surface area contributed by atoms with Crippen LogP contribution < -0.4 is 20.1 Å². The molecule has 35 heavy (non-hydrogen) atoms. The number of aromatic nitrogens is 1. The number of nitro benzene ring substituents is 1. The average Bonchev–Trinajstić information content (AvgIpc) is 3.12. The van der Waals surface area contributed by atoms with E-state index in [9.17, 15) is 24.5 Å². The Bertz CT molecular complexity index is 1440. The first kappa shape index (κ1) is 25.4. The van der Waals surface area contributed by atoms with Crippen LogP contribution in [-0.4, -0.2) is 42.2 Å². The summed E-state index contributed by atoms with van der Waals surface area (Å²) in [7, 11) is 2.87. The van der Waals surface area contributed by atoms with Crippen molar-refractivity contribution in [1.82, 2.24) is 4.57 Å². The highest BCUT2D eigenvalue weighted by molar-refractivity contribution is 7.07. The third-order valence-electron chi connectivity index (χ3n) is 4.97. The van der Waals surface area contributed by atoms with Gasteiger partial charge >= 0.3 is 11.9 Å². The zero-order chi connectivity index (χ0) is 25.5. The van der Waals surface area contributed by atoms with Crippen LogP contribution in [0.2, 0.25) is 0 Å². The van der Waals surface area contributed by atoms with Crippen LogP contribution in [0.4, 0.5) is 11.4 Å². The van der Waals surface area contributed by atoms with E-state index >= 15 is 0 Å². The van der Waals surface area contributed by atoms with E-state index in [-0.39, 0.29) is 24.4 Å². The van der Waals surface area contributed by atoms with Crippen LogP contribution in [0.5, 0.6) is 0 Å².